The second-order valence-corrected chi connectivity index (χ2v) is 3.99. The Morgan fingerprint density at radius 3 is 2.62 bits per heavy atom. The van der Waals surface area contributed by atoms with Gasteiger partial charge in [0.1, 0.15) is 17.7 Å². The maximum absolute atomic E-state index is 13.2. The highest BCUT2D eigenvalue weighted by atomic mass is 79.9. The largest absolute Gasteiger partial charge is 0.381 e. The molecule has 88 valence electrons. The predicted molar refractivity (Wildman–Crippen MR) is 59.7 cm³/mol. The van der Waals surface area contributed by atoms with E-state index in [1.807, 2.05) is 0 Å². The number of carbonyl (C=O) groups is 1. The van der Waals surface area contributed by atoms with E-state index < -0.39 is 23.6 Å². The van der Waals surface area contributed by atoms with Gasteiger partial charge in [0.25, 0.3) is 0 Å². The van der Waals surface area contributed by atoms with E-state index in [-0.39, 0.29) is 16.7 Å². The van der Waals surface area contributed by atoms with Gasteiger partial charge in [0.2, 0.25) is 5.91 Å². The highest BCUT2D eigenvalue weighted by molar-refractivity contribution is 9.10. The Morgan fingerprint density at radius 2 is 2.06 bits per heavy atom. The number of carbonyl (C=O) groups excluding carboxylic acids is 1. The zero-order valence-corrected chi connectivity index (χ0v) is 9.72. The summed E-state index contributed by atoms with van der Waals surface area (Å²) in [5.74, 6) is -2.17. The molecule has 0 fully saturated rings. The summed E-state index contributed by atoms with van der Waals surface area (Å²) < 4.78 is 26.2. The van der Waals surface area contributed by atoms with Crippen molar-refractivity contribution in [3.05, 3.63) is 28.2 Å². The quantitative estimate of drug-likeness (QED) is 0.723. The zero-order chi connectivity index (χ0) is 12.3. The third-order valence-electron chi connectivity index (χ3n) is 1.89. The minimum absolute atomic E-state index is 0.0235. The maximum Gasteiger partial charge on any atom is 0.236 e. The number of halogens is 3. The van der Waals surface area contributed by atoms with Gasteiger partial charge in [-0.3, -0.25) is 4.79 Å². The Morgan fingerprint density at radius 1 is 1.44 bits per heavy atom. The van der Waals surface area contributed by atoms with Crippen molar-refractivity contribution in [3.63, 3.8) is 0 Å². The molecule has 1 aromatic carbocycles. The topological polar surface area (TPSA) is 81.1 Å². The molecule has 1 unspecified atom stereocenters. The fraction of sp³-hybridized carbons (Fsp3) is 0.222. The van der Waals surface area contributed by atoms with Crippen molar-refractivity contribution in [1.29, 1.82) is 0 Å². The molecule has 5 N–H and O–H groups in total. The molecule has 1 atom stereocenters. The molecule has 0 aliphatic heterocycles. The monoisotopic (exact) mass is 293 g/mol. The minimum atomic E-state index is -0.928. The molecule has 1 aromatic rings. The van der Waals surface area contributed by atoms with Crippen LogP contribution in [0.5, 0.6) is 0 Å². The molecule has 7 heteroatoms. The zero-order valence-electron chi connectivity index (χ0n) is 8.14. The summed E-state index contributed by atoms with van der Waals surface area (Å²) >= 11 is 2.91. The van der Waals surface area contributed by atoms with E-state index in [1.54, 1.807) is 0 Å². The van der Waals surface area contributed by atoms with Crippen molar-refractivity contribution in [2.24, 2.45) is 11.5 Å². The first-order valence-electron chi connectivity index (χ1n) is 4.35. The van der Waals surface area contributed by atoms with Crippen LogP contribution in [0.25, 0.3) is 0 Å². The molecule has 0 spiro atoms. The number of anilines is 1. The van der Waals surface area contributed by atoms with E-state index in [2.05, 4.69) is 21.2 Å². The molecule has 1 amide bonds. The van der Waals surface area contributed by atoms with Crippen molar-refractivity contribution < 1.29 is 13.6 Å². The molecular weight excluding hydrogens is 284 g/mol. The van der Waals surface area contributed by atoms with Gasteiger partial charge in [0.05, 0.1) is 10.2 Å². The van der Waals surface area contributed by atoms with E-state index in [9.17, 15) is 13.6 Å². The van der Waals surface area contributed by atoms with Crippen LogP contribution in [0.15, 0.2) is 16.6 Å². The Kier molecular flexibility index (Phi) is 4.19. The van der Waals surface area contributed by atoms with Crippen LogP contribution in [0.4, 0.5) is 14.5 Å². The van der Waals surface area contributed by atoms with Gasteiger partial charge in [-0.25, -0.2) is 8.78 Å². The van der Waals surface area contributed by atoms with Gasteiger partial charge in [0, 0.05) is 12.6 Å². The lowest BCUT2D eigenvalue weighted by molar-refractivity contribution is -0.118. The minimum Gasteiger partial charge on any atom is -0.381 e. The predicted octanol–water partition coefficient (Wildman–Crippen LogP) is 0.952. The Balaban J connectivity index is 2.74. The summed E-state index contributed by atoms with van der Waals surface area (Å²) in [6.45, 7) is -0.0235. The van der Waals surface area contributed by atoms with Crippen LogP contribution in [0, 0.1) is 11.6 Å². The number of primary amides is 1. The molecule has 0 aliphatic carbocycles. The lowest BCUT2D eigenvalue weighted by Crippen LogP contribution is -2.41. The van der Waals surface area contributed by atoms with Gasteiger partial charge in [-0.05, 0) is 22.0 Å². The van der Waals surface area contributed by atoms with E-state index in [4.69, 9.17) is 11.5 Å². The highest BCUT2D eigenvalue weighted by Crippen LogP contribution is 2.23. The molecule has 0 aliphatic rings. The Labute approximate surface area is 99.1 Å². The fourth-order valence-electron chi connectivity index (χ4n) is 0.979. The first-order valence-corrected chi connectivity index (χ1v) is 5.14. The molecule has 0 aromatic heterocycles. The number of hydrogen-bond donors (Lipinski definition) is 3. The van der Waals surface area contributed by atoms with E-state index in [0.29, 0.717) is 0 Å². The molecule has 0 heterocycles. The first-order chi connectivity index (χ1) is 7.41. The molecular formula is C9H10BrF2N3O. The number of nitrogens with one attached hydrogen (secondary N) is 1. The Bertz CT molecular complexity index is 414. The average molecular weight is 294 g/mol. The standard InChI is InChI=1S/C9H10BrF2N3O/c10-4-1-8(6(12)2-5(4)11)15-3-7(13)9(14)16/h1-2,7,15H,3,13H2,(H2,14,16). The smallest absolute Gasteiger partial charge is 0.236 e. The van der Waals surface area contributed by atoms with Gasteiger partial charge in [0.15, 0.2) is 0 Å². The van der Waals surface area contributed by atoms with Crippen LogP contribution < -0.4 is 16.8 Å². The van der Waals surface area contributed by atoms with Gasteiger partial charge in [-0.2, -0.15) is 0 Å². The summed E-state index contributed by atoms with van der Waals surface area (Å²) in [5.41, 5.74) is 10.3. The molecule has 0 saturated carbocycles. The number of hydrogen-bond acceptors (Lipinski definition) is 3. The van der Waals surface area contributed by atoms with Crippen LogP contribution in [0.3, 0.4) is 0 Å². The van der Waals surface area contributed by atoms with E-state index in [1.165, 1.54) is 6.07 Å². The number of benzene rings is 1. The number of amides is 1. The van der Waals surface area contributed by atoms with Crippen LogP contribution in [0.1, 0.15) is 0 Å². The number of nitrogens with two attached hydrogens (primary N) is 2. The van der Waals surface area contributed by atoms with Crippen molar-refractivity contribution >= 4 is 27.5 Å². The fourth-order valence-corrected chi connectivity index (χ4v) is 1.32. The van der Waals surface area contributed by atoms with Gasteiger partial charge in [-0.15, -0.1) is 0 Å². The molecule has 0 saturated heterocycles. The first kappa shape index (κ1) is 12.9. The SMILES string of the molecule is NC(=O)C(N)CNc1cc(Br)c(F)cc1F. The average Bonchev–Trinajstić information content (AvgIpc) is 2.20. The van der Waals surface area contributed by atoms with E-state index in [0.717, 1.165) is 6.07 Å². The van der Waals surface area contributed by atoms with Crippen LogP contribution in [-0.2, 0) is 4.79 Å². The number of rotatable bonds is 4. The summed E-state index contributed by atoms with van der Waals surface area (Å²) in [6.07, 6.45) is 0. The molecule has 0 radical (unpaired) electrons. The van der Waals surface area contributed by atoms with Crippen LogP contribution in [-0.4, -0.2) is 18.5 Å². The highest BCUT2D eigenvalue weighted by Gasteiger charge is 2.12. The third kappa shape index (κ3) is 3.14. The summed E-state index contributed by atoms with van der Waals surface area (Å²) in [6, 6.07) is 1.02. The van der Waals surface area contributed by atoms with Gasteiger partial charge < -0.3 is 16.8 Å². The molecule has 16 heavy (non-hydrogen) atoms. The lowest BCUT2D eigenvalue weighted by Gasteiger charge is -2.11. The van der Waals surface area contributed by atoms with Crippen molar-refractivity contribution in [1.82, 2.24) is 0 Å². The summed E-state index contributed by atoms with van der Waals surface area (Å²) in [7, 11) is 0. The second-order valence-electron chi connectivity index (χ2n) is 3.14. The lowest BCUT2D eigenvalue weighted by atomic mass is 10.2. The molecule has 4 nitrogen and oxygen atoms in total. The summed E-state index contributed by atoms with van der Waals surface area (Å²) in [4.78, 5) is 10.6. The van der Waals surface area contributed by atoms with Crippen LogP contribution >= 0.6 is 15.9 Å². The van der Waals surface area contributed by atoms with Crippen molar-refractivity contribution in [2.45, 2.75) is 6.04 Å². The van der Waals surface area contributed by atoms with E-state index >= 15 is 0 Å². The van der Waals surface area contributed by atoms with Gasteiger partial charge >= 0.3 is 0 Å². The molecule has 1 rings (SSSR count). The molecule has 0 bridgehead atoms. The van der Waals surface area contributed by atoms with Crippen molar-refractivity contribution in [2.75, 3.05) is 11.9 Å². The maximum atomic E-state index is 13.2. The normalized spacial score (nSPS) is 12.2. The summed E-state index contributed by atoms with van der Waals surface area (Å²) in [5, 5.41) is 2.56. The van der Waals surface area contributed by atoms with Crippen LogP contribution in [0.2, 0.25) is 0 Å². The third-order valence-corrected chi connectivity index (χ3v) is 2.50. The van der Waals surface area contributed by atoms with Crippen molar-refractivity contribution in [3.8, 4) is 0 Å². The Hall–Kier alpha value is -1.21. The van der Waals surface area contributed by atoms with Gasteiger partial charge in [-0.1, -0.05) is 0 Å². The second kappa shape index (κ2) is 5.22.